The first-order valence-electron chi connectivity index (χ1n) is 7.86. The molecule has 2 saturated carbocycles. The SMILES string of the molecule is Cc1ccccc1C1CC1c1nc(C2(N)CCCC2)no1. The smallest absolute Gasteiger partial charge is 0.230 e. The van der Waals surface area contributed by atoms with Gasteiger partial charge in [-0.2, -0.15) is 4.98 Å². The molecule has 2 atom stereocenters. The minimum Gasteiger partial charge on any atom is -0.339 e. The maximum absolute atomic E-state index is 6.40. The number of nitrogens with two attached hydrogens (primary N) is 1. The van der Waals surface area contributed by atoms with E-state index in [-0.39, 0.29) is 5.54 Å². The second-order valence-electron chi connectivity index (χ2n) is 6.62. The molecule has 1 aromatic heterocycles. The molecule has 0 spiro atoms. The molecule has 4 nitrogen and oxygen atoms in total. The van der Waals surface area contributed by atoms with Gasteiger partial charge in [0, 0.05) is 5.92 Å². The average molecular weight is 283 g/mol. The van der Waals surface area contributed by atoms with Gasteiger partial charge in [0.15, 0.2) is 5.82 Å². The molecule has 2 aliphatic rings. The highest BCUT2D eigenvalue weighted by atomic mass is 16.5. The van der Waals surface area contributed by atoms with E-state index in [2.05, 4.69) is 41.3 Å². The van der Waals surface area contributed by atoms with Crippen LogP contribution in [0, 0.1) is 6.92 Å². The van der Waals surface area contributed by atoms with E-state index in [0.717, 1.165) is 38.0 Å². The molecule has 0 amide bonds. The van der Waals surface area contributed by atoms with Crippen molar-refractivity contribution >= 4 is 0 Å². The summed E-state index contributed by atoms with van der Waals surface area (Å²) in [6.07, 6.45) is 5.37. The molecule has 0 bridgehead atoms. The number of benzene rings is 1. The van der Waals surface area contributed by atoms with Crippen molar-refractivity contribution in [2.75, 3.05) is 0 Å². The van der Waals surface area contributed by atoms with Gasteiger partial charge in [0.05, 0.1) is 5.54 Å². The van der Waals surface area contributed by atoms with Crippen molar-refractivity contribution in [2.45, 2.75) is 56.4 Å². The van der Waals surface area contributed by atoms with Crippen LogP contribution in [0.1, 0.15) is 66.8 Å². The number of rotatable bonds is 3. The van der Waals surface area contributed by atoms with Crippen molar-refractivity contribution < 1.29 is 4.52 Å². The van der Waals surface area contributed by atoms with E-state index >= 15 is 0 Å². The fourth-order valence-corrected chi connectivity index (χ4v) is 3.63. The molecule has 2 N–H and O–H groups in total. The largest absolute Gasteiger partial charge is 0.339 e. The van der Waals surface area contributed by atoms with Gasteiger partial charge in [-0.15, -0.1) is 0 Å². The minimum absolute atomic E-state index is 0.352. The van der Waals surface area contributed by atoms with E-state index in [0.29, 0.717) is 17.7 Å². The predicted molar refractivity (Wildman–Crippen MR) is 79.9 cm³/mol. The van der Waals surface area contributed by atoms with Gasteiger partial charge in [-0.05, 0) is 43.2 Å². The first-order chi connectivity index (χ1) is 10.2. The van der Waals surface area contributed by atoms with Gasteiger partial charge in [0.25, 0.3) is 0 Å². The highest BCUT2D eigenvalue weighted by Crippen LogP contribution is 2.55. The molecule has 1 heterocycles. The third-order valence-electron chi connectivity index (χ3n) is 5.08. The third-order valence-corrected chi connectivity index (χ3v) is 5.08. The molecule has 2 unspecified atom stereocenters. The lowest BCUT2D eigenvalue weighted by Crippen LogP contribution is -2.34. The molecule has 21 heavy (non-hydrogen) atoms. The summed E-state index contributed by atoms with van der Waals surface area (Å²) in [6.45, 7) is 2.16. The zero-order chi connectivity index (χ0) is 14.4. The number of hydrogen-bond donors (Lipinski definition) is 1. The molecular formula is C17H21N3O. The summed E-state index contributed by atoms with van der Waals surface area (Å²) in [5.41, 5.74) is 8.80. The van der Waals surface area contributed by atoms with E-state index < -0.39 is 0 Å². The van der Waals surface area contributed by atoms with E-state index in [1.54, 1.807) is 0 Å². The van der Waals surface area contributed by atoms with Gasteiger partial charge >= 0.3 is 0 Å². The standard InChI is InChI=1S/C17H21N3O/c1-11-6-2-3-7-12(11)13-10-14(13)15-19-16(20-21-15)17(18)8-4-5-9-17/h2-3,6-7,13-14H,4-5,8-10,18H2,1H3. The maximum atomic E-state index is 6.40. The van der Waals surface area contributed by atoms with Gasteiger partial charge in [-0.25, -0.2) is 0 Å². The van der Waals surface area contributed by atoms with Crippen molar-refractivity contribution in [2.24, 2.45) is 5.73 Å². The van der Waals surface area contributed by atoms with Crippen LogP contribution < -0.4 is 5.73 Å². The average Bonchev–Trinajstić information content (AvgIpc) is 2.90. The zero-order valence-electron chi connectivity index (χ0n) is 12.4. The third kappa shape index (κ3) is 2.18. The fourth-order valence-electron chi connectivity index (χ4n) is 3.63. The van der Waals surface area contributed by atoms with E-state index in [9.17, 15) is 0 Å². The lowest BCUT2D eigenvalue weighted by atomic mass is 9.98. The lowest BCUT2D eigenvalue weighted by Gasteiger charge is -2.17. The number of nitrogens with zero attached hydrogens (tertiary/aromatic N) is 2. The zero-order valence-corrected chi connectivity index (χ0v) is 12.4. The Labute approximate surface area is 124 Å². The number of aryl methyl sites for hydroxylation is 1. The van der Waals surface area contributed by atoms with Crippen molar-refractivity contribution in [1.82, 2.24) is 10.1 Å². The topological polar surface area (TPSA) is 64.9 Å². The monoisotopic (exact) mass is 283 g/mol. The molecule has 4 rings (SSSR count). The van der Waals surface area contributed by atoms with Crippen LogP contribution in [0.5, 0.6) is 0 Å². The molecule has 2 fully saturated rings. The van der Waals surface area contributed by atoms with Crippen molar-refractivity contribution in [3.8, 4) is 0 Å². The van der Waals surface area contributed by atoms with Gasteiger partial charge in [-0.1, -0.05) is 42.3 Å². The highest BCUT2D eigenvalue weighted by Gasteiger charge is 2.45. The minimum atomic E-state index is -0.352. The normalized spacial score (nSPS) is 27.0. The molecular weight excluding hydrogens is 262 g/mol. The highest BCUT2D eigenvalue weighted by molar-refractivity contribution is 5.36. The van der Waals surface area contributed by atoms with Crippen LogP contribution in [0.25, 0.3) is 0 Å². The molecule has 1 aromatic carbocycles. The van der Waals surface area contributed by atoms with Gasteiger partial charge in [0.2, 0.25) is 5.89 Å². The Hall–Kier alpha value is -1.68. The summed E-state index contributed by atoms with van der Waals surface area (Å²) < 4.78 is 5.52. The summed E-state index contributed by atoms with van der Waals surface area (Å²) in [5.74, 6) is 2.38. The Morgan fingerprint density at radius 3 is 2.71 bits per heavy atom. The number of hydrogen-bond acceptors (Lipinski definition) is 4. The second kappa shape index (κ2) is 4.67. The van der Waals surface area contributed by atoms with Crippen molar-refractivity contribution in [1.29, 1.82) is 0 Å². The summed E-state index contributed by atoms with van der Waals surface area (Å²) in [6, 6.07) is 8.56. The Balaban J connectivity index is 1.54. The Bertz CT molecular complexity index is 658. The lowest BCUT2D eigenvalue weighted by molar-refractivity contribution is 0.348. The van der Waals surface area contributed by atoms with Crippen LogP contribution in [-0.2, 0) is 5.54 Å². The van der Waals surface area contributed by atoms with Gasteiger partial charge < -0.3 is 10.3 Å². The molecule has 2 aromatic rings. The van der Waals surface area contributed by atoms with Crippen LogP contribution >= 0.6 is 0 Å². The van der Waals surface area contributed by atoms with Crippen LogP contribution in [0.3, 0.4) is 0 Å². The summed E-state index contributed by atoms with van der Waals surface area (Å²) in [5, 5.41) is 4.17. The molecule has 4 heteroatoms. The van der Waals surface area contributed by atoms with Crippen LogP contribution in [0.15, 0.2) is 28.8 Å². The summed E-state index contributed by atoms with van der Waals surface area (Å²) in [4.78, 5) is 4.63. The first kappa shape index (κ1) is 13.0. The molecule has 0 aliphatic heterocycles. The molecule has 0 radical (unpaired) electrons. The maximum Gasteiger partial charge on any atom is 0.230 e. The first-order valence-corrected chi connectivity index (χ1v) is 7.86. The quantitative estimate of drug-likeness (QED) is 0.938. The molecule has 0 saturated heterocycles. The van der Waals surface area contributed by atoms with Gasteiger partial charge in [0.1, 0.15) is 0 Å². The Kier molecular flexibility index (Phi) is 2.89. The fraction of sp³-hybridized carbons (Fsp3) is 0.529. The van der Waals surface area contributed by atoms with Crippen molar-refractivity contribution in [3.05, 3.63) is 47.1 Å². The number of aromatic nitrogens is 2. The summed E-state index contributed by atoms with van der Waals surface area (Å²) in [7, 11) is 0. The Morgan fingerprint density at radius 2 is 1.95 bits per heavy atom. The second-order valence-corrected chi connectivity index (χ2v) is 6.62. The van der Waals surface area contributed by atoms with Crippen LogP contribution in [-0.4, -0.2) is 10.1 Å². The Morgan fingerprint density at radius 1 is 1.19 bits per heavy atom. The van der Waals surface area contributed by atoms with Crippen molar-refractivity contribution in [3.63, 3.8) is 0 Å². The van der Waals surface area contributed by atoms with E-state index in [1.165, 1.54) is 11.1 Å². The van der Waals surface area contributed by atoms with Gasteiger partial charge in [-0.3, -0.25) is 0 Å². The van der Waals surface area contributed by atoms with Crippen LogP contribution in [0.2, 0.25) is 0 Å². The predicted octanol–water partition coefficient (Wildman–Crippen LogP) is 3.38. The van der Waals surface area contributed by atoms with Crippen LogP contribution in [0.4, 0.5) is 0 Å². The van der Waals surface area contributed by atoms with E-state index in [4.69, 9.17) is 10.3 Å². The van der Waals surface area contributed by atoms with E-state index in [1.807, 2.05) is 0 Å². The summed E-state index contributed by atoms with van der Waals surface area (Å²) >= 11 is 0. The molecule has 2 aliphatic carbocycles. The molecule has 110 valence electrons.